The fraction of sp³-hybridized carbons (Fsp3) is 0.722. The van der Waals surface area contributed by atoms with Gasteiger partial charge >= 0.3 is 11.9 Å². The normalized spacial score (nSPS) is 11.0. The fourth-order valence-electron chi connectivity index (χ4n) is 2.18. The summed E-state index contributed by atoms with van der Waals surface area (Å²) in [6.45, 7) is 6.36. The second kappa shape index (κ2) is 22.1. The van der Waals surface area contributed by atoms with E-state index in [0.717, 1.165) is 7.11 Å². The number of hydrogen-bond donors (Lipinski definition) is 3. The van der Waals surface area contributed by atoms with Crippen LogP contribution >= 0.6 is 0 Å². The molecule has 170 valence electrons. The van der Waals surface area contributed by atoms with Crippen molar-refractivity contribution >= 4 is 30.8 Å². The van der Waals surface area contributed by atoms with Crippen molar-refractivity contribution in [3.05, 3.63) is 0 Å². The van der Waals surface area contributed by atoms with Gasteiger partial charge in [0.25, 0.3) is 0 Å². The quantitative estimate of drug-likeness (QED) is 0.254. The standard InChI is InChI=1S/C15H25N3O7.C2H6.CH4O/c1-13(15(24)25)18(8-11-21)5-4-16(6-9-19)2-3-17(7-10-20)12-14(22)23;2*1-2/h9-11,13H,2-8,12H2,1H3,(H,22,23)(H,24,25);1-2H3;2H,1H3. The minimum absolute atomic E-state index is 0.0332. The molecular weight excluding hydrogens is 386 g/mol. The maximum absolute atomic E-state index is 11.1. The van der Waals surface area contributed by atoms with Crippen LogP contribution in [0.2, 0.25) is 0 Å². The molecule has 0 saturated heterocycles. The first kappa shape index (κ1) is 31.5. The molecule has 0 aromatic rings. The summed E-state index contributed by atoms with van der Waals surface area (Å²) < 4.78 is 0. The molecule has 0 fully saturated rings. The molecule has 0 aliphatic carbocycles. The summed E-state index contributed by atoms with van der Waals surface area (Å²) in [4.78, 5) is 58.5. The van der Waals surface area contributed by atoms with Gasteiger partial charge in [0.2, 0.25) is 0 Å². The van der Waals surface area contributed by atoms with Gasteiger partial charge < -0.3 is 29.7 Å². The number of carbonyl (C=O) groups excluding carboxylic acids is 3. The van der Waals surface area contributed by atoms with Crippen LogP contribution in [0.15, 0.2) is 0 Å². The number of nitrogens with zero attached hydrogens (tertiary/aromatic N) is 3. The molecule has 0 amide bonds. The molecule has 0 rings (SSSR count). The van der Waals surface area contributed by atoms with Crippen LogP contribution in [0.4, 0.5) is 0 Å². The van der Waals surface area contributed by atoms with E-state index >= 15 is 0 Å². The molecule has 11 nitrogen and oxygen atoms in total. The van der Waals surface area contributed by atoms with Crippen LogP contribution in [-0.4, -0.2) is 126 Å². The molecule has 0 aliphatic rings. The van der Waals surface area contributed by atoms with Gasteiger partial charge in [-0.25, -0.2) is 0 Å². The topological polar surface area (TPSA) is 156 Å². The summed E-state index contributed by atoms with van der Waals surface area (Å²) in [5, 5.41) is 24.8. The minimum Gasteiger partial charge on any atom is -0.480 e. The molecule has 29 heavy (non-hydrogen) atoms. The van der Waals surface area contributed by atoms with E-state index in [1.807, 2.05) is 13.8 Å². The highest BCUT2D eigenvalue weighted by Crippen LogP contribution is 2.00. The molecular formula is C18H35N3O8. The molecule has 0 radical (unpaired) electrons. The van der Waals surface area contributed by atoms with Gasteiger partial charge in [-0.1, -0.05) is 13.8 Å². The Kier molecular flexibility index (Phi) is 24.0. The molecule has 0 saturated carbocycles. The van der Waals surface area contributed by atoms with Crippen molar-refractivity contribution < 1.29 is 39.3 Å². The van der Waals surface area contributed by atoms with Gasteiger partial charge in [-0.3, -0.25) is 24.3 Å². The first-order valence-electron chi connectivity index (χ1n) is 9.24. The van der Waals surface area contributed by atoms with E-state index in [1.165, 1.54) is 16.7 Å². The van der Waals surface area contributed by atoms with Gasteiger partial charge in [0.05, 0.1) is 26.2 Å². The van der Waals surface area contributed by atoms with Crippen LogP contribution < -0.4 is 0 Å². The largest absolute Gasteiger partial charge is 0.480 e. The highest BCUT2D eigenvalue weighted by Gasteiger charge is 2.21. The van der Waals surface area contributed by atoms with Gasteiger partial charge in [-0.05, 0) is 6.92 Å². The second-order valence-corrected chi connectivity index (χ2v) is 5.44. The second-order valence-electron chi connectivity index (χ2n) is 5.44. The molecule has 11 heteroatoms. The Morgan fingerprint density at radius 1 is 0.793 bits per heavy atom. The molecule has 0 aromatic heterocycles. The van der Waals surface area contributed by atoms with E-state index < -0.39 is 18.0 Å². The van der Waals surface area contributed by atoms with Gasteiger partial charge in [0, 0.05) is 33.3 Å². The van der Waals surface area contributed by atoms with Crippen LogP contribution in [0.5, 0.6) is 0 Å². The van der Waals surface area contributed by atoms with E-state index in [9.17, 15) is 24.0 Å². The molecule has 3 N–H and O–H groups in total. The summed E-state index contributed by atoms with van der Waals surface area (Å²) in [6.07, 6.45) is 1.90. The third kappa shape index (κ3) is 17.6. The Morgan fingerprint density at radius 2 is 1.21 bits per heavy atom. The van der Waals surface area contributed by atoms with Crippen LogP contribution in [0.3, 0.4) is 0 Å². The summed E-state index contributed by atoms with van der Waals surface area (Å²) >= 11 is 0. The third-order valence-electron chi connectivity index (χ3n) is 3.67. The molecule has 0 bridgehead atoms. The summed E-state index contributed by atoms with van der Waals surface area (Å²) in [5.74, 6) is -2.11. The predicted molar refractivity (Wildman–Crippen MR) is 107 cm³/mol. The number of aliphatic carboxylic acids is 2. The first-order chi connectivity index (χ1) is 13.8. The van der Waals surface area contributed by atoms with E-state index in [-0.39, 0.29) is 39.3 Å². The Hall–Kier alpha value is -2.21. The molecule has 0 aromatic carbocycles. The Morgan fingerprint density at radius 3 is 1.62 bits per heavy atom. The molecule has 1 unspecified atom stereocenters. The minimum atomic E-state index is -1.06. The predicted octanol–water partition coefficient (Wildman–Crippen LogP) is -1.32. The molecule has 0 spiro atoms. The highest BCUT2D eigenvalue weighted by atomic mass is 16.4. The summed E-state index contributed by atoms with van der Waals surface area (Å²) in [6, 6.07) is -0.846. The van der Waals surface area contributed by atoms with Crippen LogP contribution in [-0.2, 0) is 24.0 Å². The monoisotopic (exact) mass is 421 g/mol. The Bertz CT molecular complexity index is 462. The number of rotatable bonds is 16. The zero-order valence-corrected chi connectivity index (χ0v) is 17.7. The number of carbonyl (C=O) groups is 5. The molecule has 0 aliphatic heterocycles. The lowest BCUT2D eigenvalue weighted by molar-refractivity contribution is -0.143. The number of carboxylic acid groups (broad SMARTS) is 2. The highest BCUT2D eigenvalue weighted by molar-refractivity contribution is 5.73. The van der Waals surface area contributed by atoms with E-state index in [0.29, 0.717) is 31.9 Å². The first-order valence-corrected chi connectivity index (χ1v) is 9.24. The fourth-order valence-corrected chi connectivity index (χ4v) is 2.18. The SMILES string of the molecule is CC.CC(C(=O)O)N(CC=O)CCN(CC=O)CCN(CC=O)CC(=O)O.CO. The van der Waals surface area contributed by atoms with Gasteiger partial charge in [0.15, 0.2) is 0 Å². The van der Waals surface area contributed by atoms with Crippen molar-refractivity contribution in [3.63, 3.8) is 0 Å². The van der Waals surface area contributed by atoms with E-state index in [4.69, 9.17) is 15.3 Å². The van der Waals surface area contributed by atoms with Crippen molar-refractivity contribution in [2.75, 3.05) is 59.5 Å². The number of aliphatic hydroxyl groups is 1. The lowest BCUT2D eigenvalue weighted by Crippen LogP contribution is -2.46. The number of aldehydes is 3. The number of carboxylic acids is 2. The Labute approximate surface area is 171 Å². The number of aliphatic hydroxyl groups excluding tert-OH is 1. The van der Waals surface area contributed by atoms with E-state index in [1.54, 1.807) is 4.90 Å². The van der Waals surface area contributed by atoms with Crippen LogP contribution in [0.1, 0.15) is 20.8 Å². The van der Waals surface area contributed by atoms with Crippen molar-refractivity contribution in [2.45, 2.75) is 26.8 Å². The lowest BCUT2D eigenvalue weighted by atomic mass is 10.2. The summed E-state index contributed by atoms with van der Waals surface area (Å²) in [7, 11) is 1.00. The maximum atomic E-state index is 11.1. The van der Waals surface area contributed by atoms with Crippen molar-refractivity contribution in [1.82, 2.24) is 14.7 Å². The van der Waals surface area contributed by atoms with E-state index in [2.05, 4.69) is 0 Å². The van der Waals surface area contributed by atoms with Crippen molar-refractivity contribution in [3.8, 4) is 0 Å². The van der Waals surface area contributed by atoms with Crippen LogP contribution in [0.25, 0.3) is 0 Å². The van der Waals surface area contributed by atoms with Crippen molar-refractivity contribution in [2.24, 2.45) is 0 Å². The van der Waals surface area contributed by atoms with Gasteiger partial charge in [-0.15, -0.1) is 0 Å². The zero-order chi connectivity index (χ0) is 23.2. The third-order valence-corrected chi connectivity index (χ3v) is 3.67. The Balaban J connectivity index is -0.00000158. The lowest BCUT2D eigenvalue weighted by Gasteiger charge is -2.29. The maximum Gasteiger partial charge on any atom is 0.320 e. The van der Waals surface area contributed by atoms with Gasteiger partial charge in [-0.2, -0.15) is 0 Å². The average Bonchev–Trinajstić information content (AvgIpc) is 2.71. The van der Waals surface area contributed by atoms with Gasteiger partial charge in [0.1, 0.15) is 24.9 Å². The number of hydrogen-bond acceptors (Lipinski definition) is 9. The summed E-state index contributed by atoms with van der Waals surface area (Å²) in [5.41, 5.74) is 0. The average molecular weight is 421 g/mol. The smallest absolute Gasteiger partial charge is 0.320 e. The zero-order valence-electron chi connectivity index (χ0n) is 17.7. The van der Waals surface area contributed by atoms with Crippen LogP contribution in [0, 0.1) is 0 Å². The van der Waals surface area contributed by atoms with Crippen molar-refractivity contribution in [1.29, 1.82) is 0 Å². The molecule has 1 atom stereocenters. The molecule has 0 heterocycles.